The average Bonchev–Trinajstić information content (AvgIpc) is 2.57. The summed E-state index contributed by atoms with van der Waals surface area (Å²) < 4.78 is 17.7. The molecule has 25 heavy (non-hydrogen) atoms. The minimum atomic E-state index is -0.973. The zero-order chi connectivity index (χ0) is 18.7. The Hall–Kier alpha value is -3.16. The number of phenolic OH excluding ortho intramolecular Hbond substituents is 2. The van der Waals surface area contributed by atoms with E-state index in [2.05, 4.69) is 4.74 Å². The molecule has 2 N–H and O–H groups in total. The zero-order valence-corrected chi connectivity index (χ0v) is 13.5. The van der Waals surface area contributed by atoms with Crippen LogP contribution >= 0.6 is 0 Å². The molecule has 8 heteroatoms. The van der Waals surface area contributed by atoms with E-state index in [1.165, 1.54) is 25.1 Å². The molecule has 1 atom stereocenters. The van der Waals surface area contributed by atoms with E-state index in [9.17, 15) is 29.5 Å². The minimum absolute atomic E-state index is 0.0685. The molecule has 0 fully saturated rings. The SMILES string of the molecule is COC(=O)c1c(O)c(C)cc(C(C[N+](=O)[O-])c2ccc(F)cc2)c1O. The van der Waals surface area contributed by atoms with Gasteiger partial charge in [-0.1, -0.05) is 12.1 Å². The number of aryl methyl sites for hydroxylation is 1. The predicted octanol–water partition coefficient (Wildman–Crippen LogP) is 2.74. The summed E-state index contributed by atoms with van der Waals surface area (Å²) in [6.07, 6.45) is 0. The molecular weight excluding hydrogens is 333 g/mol. The monoisotopic (exact) mass is 349 g/mol. The molecule has 0 amide bonds. The molecule has 7 nitrogen and oxygen atoms in total. The molecule has 2 aromatic rings. The van der Waals surface area contributed by atoms with E-state index in [-0.39, 0.29) is 11.1 Å². The second-order valence-corrected chi connectivity index (χ2v) is 5.47. The minimum Gasteiger partial charge on any atom is -0.507 e. The molecule has 0 aliphatic heterocycles. The number of hydrogen-bond donors (Lipinski definition) is 2. The molecule has 1 unspecified atom stereocenters. The first-order valence-electron chi connectivity index (χ1n) is 7.27. The molecule has 0 saturated heterocycles. The van der Waals surface area contributed by atoms with Gasteiger partial charge in [-0.2, -0.15) is 0 Å². The number of esters is 1. The number of benzene rings is 2. The Morgan fingerprint density at radius 3 is 2.40 bits per heavy atom. The van der Waals surface area contributed by atoms with Crippen LogP contribution in [0.1, 0.15) is 33.0 Å². The van der Waals surface area contributed by atoms with Crippen molar-refractivity contribution in [3.05, 3.63) is 68.5 Å². The summed E-state index contributed by atoms with van der Waals surface area (Å²) in [5.41, 5.74) is 0.227. The summed E-state index contributed by atoms with van der Waals surface area (Å²) >= 11 is 0. The smallest absolute Gasteiger partial charge is 0.345 e. The van der Waals surface area contributed by atoms with Gasteiger partial charge >= 0.3 is 5.97 Å². The van der Waals surface area contributed by atoms with Crippen LogP contribution in [-0.4, -0.2) is 34.8 Å². The maximum absolute atomic E-state index is 13.1. The number of hydrogen-bond acceptors (Lipinski definition) is 6. The summed E-state index contributed by atoms with van der Waals surface area (Å²) in [7, 11) is 1.08. The van der Waals surface area contributed by atoms with Crippen molar-refractivity contribution < 1.29 is 29.1 Å². The fraction of sp³-hybridized carbons (Fsp3) is 0.235. The molecular formula is C17H16FNO6. The zero-order valence-electron chi connectivity index (χ0n) is 13.5. The molecule has 0 saturated carbocycles. The molecule has 2 aromatic carbocycles. The fourth-order valence-corrected chi connectivity index (χ4v) is 2.61. The third-order valence-electron chi connectivity index (χ3n) is 3.86. The second-order valence-electron chi connectivity index (χ2n) is 5.47. The number of nitrogens with zero attached hydrogens (tertiary/aromatic N) is 1. The molecule has 0 aliphatic carbocycles. The first kappa shape index (κ1) is 18.2. The molecule has 0 radical (unpaired) electrons. The Morgan fingerprint density at radius 1 is 1.28 bits per heavy atom. The maximum atomic E-state index is 13.1. The van der Waals surface area contributed by atoms with Crippen LogP contribution in [0.4, 0.5) is 4.39 Å². The molecule has 2 rings (SSSR count). The number of methoxy groups -OCH3 is 1. The highest BCUT2D eigenvalue weighted by atomic mass is 19.1. The van der Waals surface area contributed by atoms with Gasteiger partial charge in [0.15, 0.2) is 0 Å². The fourth-order valence-electron chi connectivity index (χ4n) is 2.61. The van der Waals surface area contributed by atoms with Crippen molar-refractivity contribution in [2.45, 2.75) is 12.8 Å². The van der Waals surface area contributed by atoms with Crippen LogP contribution in [0.2, 0.25) is 0 Å². The lowest BCUT2D eigenvalue weighted by Gasteiger charge is -2.19. The van der Waals surface area contributed by atoms with Gasteiger partial charge in [0, 0.05) is 10.5 Å². The summed E-state index contributed by atoms with van der Waals surface area (Å²) in [6.45, 7) is 0.891. The third kappa shape index (κ3) is 3.68. The van der Waals surface area contributed by atoms with Crippen molar-refractivity contribution >= 4 is 5.97 Å². The van der Waals surface area contributed by atoms with Gasteiger partial charge in [0.2, 0.25) is 6.54 Å². The van der Waals surface area contributed by atoms with Gasteiger partial charge in [0.25, 0.3) is 0 Å². The van der Waals surface area contributed by atoms with Gasteiger partial charge in [0.05, 0.1) is 13.0 Å². The number of ether oxygens (including phenoxy) is 1. The van der Waals surface area contributed by atoms with Crippen LogP contribution < -0.4 is 0 Å². The molecule has 0 aliphatic rings. The Bertz CT molecular complexity index is 819. The largest absolute Gasteiger partial charge is 0.507 e. The predicted molar refractivity (Wildman–Crippen MR) is 86.0 cm³/mol. The molecule has 0 bridgehead atoms. The topological polar surface area (TPSA) is 110 Å². The Kier molecular flexibility index (Phi) is 5.21. The quantitative estimate of drug-likeness (QED) is 0.488. The van der Waals surface area contributed by atoms with E-state index >= 15 is 0 Å². The highest BCUT2D eigenvalue weighted by molar-refractivity contribution is 5.96. The van der Waals surface area contributed by atoms with E-state index in [0.29, 0.717) is 5.56 Å². The van der Waals surface area contributed by atoms with Crippen molar-refractivity contribution in [2.75, 3.05) is 13.7 Å². The summed E-state index contributed by atoms with van der Waals surface area (Å²) in [6, 6.07) is 6.38. The van der Waals surface area contributed by atoms with Gasteiger partial charge in [-0.05, 0) is 36.2 Å². The Labute approximate surface area is 142 Å². The first-order chi connectivity index (χ1) is 11.8. The number of nitro groups is 1. The van der Waals surface area contributed by atoms with Crippen molar-refractivity contribution in [3.8, 4) is 11.5 Å². The van der Waals surface area contributed by atoms with Gasteiger partial charge < -0.3 is 14.9 Å². The van der Waals surface area contributed by atoms with Gasteiger partial charge in [-0.25, -0.2) is 9.18 Å². The number of aromatic hydroxyl groups is 2. The molecule has 0 aromatic heterocycles. The van der Waals surface area contributed by atoms with Crippen LogP contribution in [0, 0.1) is 22.9 Å². The molecule has 0 heterocycles. The van der Waals surface area contributed by atoms with Crippen LogP contribution in [-0.2, 0) is 4.74 Å². The van der Waals surface area contributed by atoms with Crippen LogP contribution in [0.5, 0.6) is 11.5 Å². The van der Waals surface area contributed by atoms with Crippen molar-refractivity contribution in [3.63, 3.8) is 0 Å². The standard InChI is InChI=1S/C17H16FNO6/c1-9-7-12(16(21)14(15(9)20)17(22)25-2)13(8-19(23)24)10-3-5-11(18)6-4-10/h3-7,13,20-21H,8H2,1-2H3. The van der Waals surface area contributed by atoms with Gasteiger partial charge in [0.1, 0.15) is 22.9 Å². The number of carbonyl (C=O) groups is 1. The van der Waals surface area contributed by atoms with E-state index in [0.717, 1.165) is 19.2 Å². The summed E-state index contributed by atoms with van der Waals surface area (Å²) in [4.78, 5) is 22.4. The number of phenols is 2. The normalized spacial score (nSPS) is 11.8. The van der Waals surface area contributed by atoms with Crippen molar-refractivity contribution in [2.24, 2.45) is 0 Å². The molecule has 132 valence electrons. The van der Waals surface area contributed by atoms with Gasteiger partial charge in [-0.15, -0.1) is 0 Å². The van der Waals surface area contributed by atoms with E-state index in [4.69, 9.17) is 0 Å². The number of halogens is 1. The summed E-state index contributed by atoms with van der Waals surface area (Å²) in [5, 5.41) is 31.5. The van der Waals surface area contributed by atoms with Crippen LogP contribution in [0.15, 0.2) is 30.3 Å². The highest BCUT2D eigenvalue weighted by Crippen LogP contribution is 2.40. The lowest BCUT2D eigenvalue weighted by Crippen LogP contribution is -2.16. The second kappa shape index (κ2) is 7.16. The van der Waals surface area contributed by atoms with E-state index in [1.807, 2.05) is 0 Å². The lowest BCUT2D eigenvalue weighted by atomic mass is 9.87. The highest BCUT2D eigenvalue weighted by Gasteiger charge is 2.29. The molecule has 0 spiro atoms. The average molecular weight is 349 g/mol. The van der Waals surface area contributed by atoms with Gasteiger partial charge in [-0.3, -0.25) is 10.1 Å². The number of carbonyl (C=O) groups excluding carboxylic acids is 1. The Balaban J connectivity index is 2.68. The third-order valence-corrected chi connectivity index (χ3v) is 3.86. The van der Waals surface area contributed by atoms with Crippen LogP contribution in [0.25, 0.3) is 0 Å². The maximum Gasteiger partial charge on any atom is 0.345 e. The summed E-state index contributed by atoms with van der Waals surface area (Å²) in [5.74, 6) is -3.50. The number of rotatable bonds is 5. The van der Waals surface area contributed by atoms with Crippen molar-refractivity contribution in [1.82, 2.24) is 0 Å². The van der Waals surface area contributed by atoms with Crippen molar-refractivity contribution in [1.29, 1.82) is 0 Å². The van der Waals surface area contributed by atoms with E-state index < -0.39 is 46.2 Å². The first-order valence-corrected chi connectivity index (χ1v) is 7.27. The lowest BCUT2D eigenvalue weighted by molar-refractivity contribution is -0.481. The van der Waals surface area contributed by atoms with E-state index in [1.54, 1.807) is 0 Å². The van der Waals surface area contributed by atoms with Crippen LogP contribution in [0.3, 0.4) is 0 Å². The Morgan fingerprint density at radius 2 is 1.88 bits per heavy atom.